The fourth-order valence-electron chi connectivity index (χ4n) is 7.59. The number of unbranched alkanes of at least 4 members (excludes halogenated alkanes) is 5. The van der Waals surface area contributed by atoms with Crippen molar-refractivity contribution in [3.63, 3.8) is 0 Å². The molecule has 0 unspecified atom stereocenters. The van der Waals surface area contributed by atoms with E-state index in [1.54, 1.807) is 4.73 Å². The van der Waals surface area contributed by atoms with Crippen LogP contribution in [0.4, 0.5) is 105 Å². The van der Waals surface area contributed by atoms with Crippen molar-refractivity contribution in [2.45, 2.75) is 94.9 Å². The third-order valence-corrected chi connectivity index (χ3v) is 10.9. The third-order valence-electron chi connectivity index (χ3n) is 10.9. The van der Waals surface area contributed by atoms with Gasteiger partial charge in [0, 0.05) is 16.9 Å². The number of hydrogen-bond donors (Lipinski definition) is 0. The van der Waals surface area contributed by atoms with E-state index in [9.17, 15) is 105 Å². The molecule has 0 aliphatic carbocycles. The van der Waals surface area contributed by atoms with Crippen LogP contribution in [0.3, 0.4) is 0 Å². The van der Waals surface area contributed by atoms with Crippen LogP contribution in [0.1, 0.15) is 90.0 Å². The normalized spacial score (nSPS) is 13.5. The molecule has 5 aromatic rings. The molecule has 2 nitrogen and oxygen atoms in total. The van der Waals surface area contributed by atoms with Crippen LogP contribution in [0.25, 0.3) is 0 Å². The fraction of sp³-hybridized carbons (Fsp3) is 0.356. The first-order valence-electron chi connectivity index (χ1n) is 20.6. The van der Waals surface area contributed by atoms with Gasteiger partial charge in [-0.3, -0.25) is 4.84 Å². The number of nitrogens with zero attached hydrogens (tertiary/aromatic N) is 1. The van der Waals surface area contributed by atoms with E-state index in [1.165, 1.54) is 32.1 Å². The van der Waals surface area contributed by atoms with E-state index in [1.807, 2.05) is 30.6 Å². The second kappa shape index (κ2) is 21.4. The number of pyridine rings is 1. The Morgan fingerprint density at radius 2 is 0.542 bits per heavy atom. The standard InChI is InChI=1S/C32H12BF24.C13H22NO/c34-25(35,36)13-1-14(26(37,38)39)6-21(5-13)33(22-7-15(27(40,41)42)2-16(8-22)28(43,44)45,23-9-17(29(46,47)48)3-18(10-23)30(49,50)51)24-11-19(31(52,53)54)4-20(12-24)32(55,56)57;1-2-3-4-5-6-10-13-15-14-11-8-7-9-12-14/h1-12H;7-9,11-12H,2-6,10,13H2,1H3/q-1;+1. The lowest BCUT2D eigenvalue weighted by Gasteiger charge is -2.46. The molecule has 0 fully saturated rings. The van der Waals surface area contributed by atoms with Gasteiger partial charge in [0.25, 0.3) is 0 Å². The number of halogens is 24. The SMILES string of the molecule is CCCCCCCCO[n+]1ccccc1.FC(F)(F)c1cc([B-](c2cc(C(F)(F)F)cc(C(F)(F)F)c2)(c2cc(C(F)(F)F)cc(C(F)(F)F)c2)c2cc(C(F)(F)F)cc(C(F)(F)F)c2)cc(C(F)(F)F)c1. The number of aromatic nitrogens is 1. The molecule has 4 aromatic carbocycles. The molecule has 72 heavy (non-hydrogen) atoms. The molecule has 0 radical (unpaired) electrons. The van der Waals surface area contributed by atoms with Gasteiger partial charge in [0.05, 0.1) is 44.5 Å². The Morgan fingerprint density at radius 1 is 0.319 bits per heavy atom. The van der Waals surface area contributed by atoms with Gasteiger partial charge in [0.1, 0.15) is 6.15 Å². The molecule has 0 atom stereocenters. The average molecular weight is 1070 g/mol. The highest BCUT2D eigenvalue weighted by molar-refractivity contribution is 7.20. The van der Waals surface area contributed by atoms with Crippen molar-refractivity contribution in [2.75, 3.05) is 6.61 Å². The summed E-state index contributed by atoms with van der Waals surface area (Å²) in [5.74, 6) is 0. The summed E-state index contributed by atoms with van der Waals surface area (Å²) in [6.45, 7) is 3.07. The predicted octanol–water partition coefficient (Wildman–Crippen LogP) is 14.0. The van der Waals surface area contributed by atoms with Crippen LogP contribution in [0.5, 0.6) is 0 Å². The number of benzene rings is 4. The minimum absolute atomic E-state index is 0.691. The summed E-state index contributed by atoms with van der Waals surface area (Å²) in [5.41, 5.74) is -30.2. The van der Waals surface area contributed by atoms with Crippen molar-refractivity contribution < 1.29 is 115 Å². The largest absolute Gasteiger partial charge is 0.416 e. The second-order valence-corrected chi connectivity index (χ2v) is 16.1. The minimum Gasteiger partial charge on any atom is -0.271 e. The monoisotopic (exact) mass is 1070 g/mol. The highest BCUT2D eigenvalue weighted by Crippen LogP contribution is 2.41. The van der Waals surface area contributed by atoms with Crippen molar-refractivity contribution in [1.29, 1.82) is 0 Å². The van der Waals surface area contributed by atoms with Crippen LogP contribution in [0.2, 0.25) is 0 Å². The zero-order valence-corrected chi connectivity index (χ0v) is 36.3. The van der Waals surface area contributed by atoms with Gasteiger partial charge < -0.3 is 0 Å². The summed E-state index contributed by atoms with van der Waals surface area (Å²) in [6.07, 6.45) is -43.1. The van der Waals surface area contributed by atoms with E-state index in [4.69, 9.17) is 4.84 Å². The van der Waals surface area contributed by atoms with Gasteiger partial charge in [-0.05, 0) is 37.1 Å². The maximum Gasteiger partial charge on any atom is 0.416 e. The van der Waals surface area contributed by atoms with E-state index in [2.05, 4.69) is 6.92 Å². The van der Waals surface area contributed by atoms with E-state index >= 15 is 0 Å². The van der Waals surface area contributed by atoms with Crippen LogP contribution in [-0.4, -0.2) is 12.8 Å². The molecule has 396 valence electrons. The van der Waals surface area contributed by atoms with Gasteiger partial charge in [-0.1, -0.05) is 87.2 Å². The summed E-state index contributed by atoms with van der Waals surface area (Å²) in [7, 11) is 0. The van der Waals surface area contributed by atoms with E-state index in [-0.39, 0.29) is 0 Å². The zero-order valence-electron chi connectivity index (χ0n) is 36.3. The fourth-order valence-corrected chi connectivity index (χ4v) is 7.59. The summed E-state index contributed by atoms with van der Waals surface area (Å²) in [4.78, 5) is 5.53. The Kier molecular flexibility index (Phi) is 17.4. The lowest BCUT2D eigenvalue weighted by molar-refractivity contribution is -0.891. The van der Waals surface area contributed by atoms with Crippen molar-refractivity contribution in [2.24, 2.45) is 0 Å². The zero-order chi connectivity index (χ0) is 54.7. The van der Waals surface area contributed by atoms with Gasteiger partial charge in [0.15, 0.2) is 6.61 Å². The van der Waals surface area contributed by atoms with Gasteiger partial charge in [-0.2, -0.15) is 127 Å². The summed E-state index contributed by atoms with van der Waals surface area (Å²) in [6, 6.07) is -2.87. The van der Waals surface area contributed by atoms with Gasteiger partial charge in [-0.15, -0.1) is 0 Å². The molecule has 0 N–H and O–H groups in total. The Morgan fingerprint density at radius 3 is 0.764 bits per heavy atom. The third kappa shape index (κ3) is 14.9. The van der Waals surface area contributed by atoms with Crippen LogP contribution in [0, 0.1) is 0 Å². The number of alkyl halides is 24. The van der Waals surface area contributed by atoms with Crippen molar-refractivity contribution >= 4 is 28.0 Å². The van der Waals surface area contributed by atoms with Crippen LogP contribution in [-0.2, 0) is 49.4 Å². The highest BCUT2D eigenvalue weighted by Gasteiger charge is 2.47. The van der Waals surface area contributed by atoms with Crippen LogP contribution in [0.15, 0.2) is 103 Å². The van der Waals surface area contributed by atoms with E-state index < -0.39 is 195 Å². The molecular formula is C45H34BF24NO. The van der Waals surface area contributed by atoms with Gasteiger partial charge in [0.2, 0.25) is 12.4 Å². The second-order valence-electron chi connectivity index (χ2n) is 16.1. The van der Waals surface area contributed by atoms with Crippen LogP contribution < -0.4 is 31.4 Å². The maximum atomic E-state index is 14.2. The highest BCUT2D eigenvalue weighted by atomic mass is 19.4. The average Bonchev–Trinajstić information content (AvgIpc) is 3.24. The topological polar surface area (TPSA) is 13.1 Å². The minimum atomic E-state index is -6.13. The summed E-state index contributed by atoms with van der Waals surface area (Å²) in [5, 5.41) is 0. The lowest BCUT2D eigenvalue weighted by Crippen LogP contribution is -2.75. The van der Waals surface area contributed by atoms with E-state index in [0.29, 0.717) is 0 Å². The first-order valence-corrected chi connectivity index (χ1v) is 20.6. The first kappa shape index (κ1) is 58.8. The number of hydrogen-bond acceptors (Lipinski definition) is 1. The molecule has 0 aliphatic rings. The molecule has 27 heteroatoms. The molecule has 0 amide bonds. The Labute approximate surface area is 392 Å². The molecule has 5 rings (SSSR count). The molecule has 0 aliphatic heterocycles. The maximum absolute atomic E-state index is 14.2. The Hall–Kier alpha value is -5.79. The summed E-state index contributed by atoms with van der Waals surface area (Å²) >= 11 is 0. The molecule has 0 saturated carbocycles. The van der Waals surface area contributed by atoms with Gasteiger partial charge >= 0.3 is 49.4 Å². The number of rotatable bonds is 12. The predicted molar refractivity (Wildman–Crippen MR) is 212 cm³/mol. The molecule has 0 spiro atoms. The summed E-state index contributed by atoms with van der Waals surface area (Å²) < 4.78 is 343. The quantitative estimate of drug-likeness (QED) is 0.0525. The Bertz CT molecular complexity index is 2160. The van der Waals surface area contributed by atoms with Crippen molar-refractivity contribution in [3.8, 4) is 0 Å². The van der Waals surface area contributed by atoms with Crippen LogP contribution >= 0.6 is 0 Å². The Balaban J connectivity index is 0.000000639. The first-order chi connectivity index (χ1) is 32.7. The van der Waals surface area contributed by atoms with Crippen molar-refractivity contribution in [1.82, 2.24) is 0 Å². The smallest absolute Gasteiger partial charge is 0.271 e. The van der Waals surface area contributed by atoms with E-state index in [0.717, 1.165) is 13.0 Å². The van der Waals surface area contributed by atoms with Crippen molar-refractivity contribution in [3.05, 3.63) is 148 Å². The molecular weight excluding hydrogens is 1040 g/mol. The molecule has 1 heterocycles. The molecule has 1 aromatic heterocycles. The van der Waals surface area contributed by atoms with Gasteiger partial charge in [-0.25, -0.2) is 0 Å². The molecule has 0 saturated heterocycles. The lowest BCUT2D eigenvalue weighted by atomic mass is 9.12. The molecule has 0 bridgehead atoms.